The third-order valence-electron chi connectivity index (χ3n) is 6.07. The molecule has 1 aliphatic rings. The maximum Gasteiger partial charge on any atom is 0.338 e. The Morgan fingerprint density at radius 3 is 2.42 bits per heavy atom. The highest BCUT2D eigenvalue weighted by atomic mass is 127. The smallest absolute Gasteiger partial charge is 0.338 e. The third kappa shape index (κ3) is 7.57. The van der Waals surface area contributed by atoms with Gasteiger partial charge < -0.3 is 24.6 Å². The molecule has 0 radical (unpaired) electrons. The summed E-state index contributed by atoms with van der Waals surface area (Å²) in [6, 6.07) is 15.8. The van der Waals surface area contributed by atoms with Crippen LogP contribution in [0.3, 0.4) is 0 Å². The average Bonchev–Trinajstić information content (AvgIpc) is 3.26. The zero-order chi connectivity index (χ0) is 31.1. The van der Waals surface area contributed by atoms with Crippen molar-refractivity contribution in [1.29, 1.82) is 0 Å². The van der Waals surface area contributed by atoms with Crippen LogP contribution in [0.5, 0.6) is 11.5 Å². The summed E-state index contributed by atoms with van der Waals surface area (Å²) in [5, 5.41) is 17.5. The van der Waals surface area contributed by atoms with Crippen LogP contribution in [-0.2, 0) is 14.3 Å². The molecular weight excluding hydrogens is 669 g/mol. The first kappa shape index (κ1) is 31.2. The molecule has 2 amide bonds. The van der Waals surface area contributed by atoms with Gasteiger partial charge in [-0.3, -0.25) is 9.59 Å². The lowest BCUT2D eigenvalue weighted by Crippen LogP contribution is -2.21. The topological polar surface area (TPSA) is 144 Å². The Morgan fingerprint density at radius 2 is 1.74 bits per heavy atom. The summed E-state index contributed by atoms with van der Waals surface area (Å²) in [6.07, 6.45) is 1.67. The van der Waals surface area contributed by atoms with Crippen molar-refractivity contribution in [3.63, 3.8) is 0 Å². The van der Waals surface area contributed by atoms with E-state index in [0.717, 1.165) is 0 Å². The van der Waals surface area contributed by atoms with Gasteiger partial charge in [-0.05, 0) is 110 Å². The van der Waals surface area contributed by atoms with E-state index >= 15 is 0 Å². The summed E-state index contributed by atoms with van der Waals surface area (Å²) in [6.45, 7) is 5.53. The van der Waals surface area contributed by atoms with Crippen LogP contribution in [0.15, 0.2) is 71.3 Å². The van der Waals surface area contributed by atoms with Gasteiger partial charge in [0.2, 0.25) is 0 Å². The van der Waals surface area contributed by atoms with Crippen LogP contribution < -0.4 is 19.8 Å². The van der Waals surface area contributed by atoms with Crippen LogP contribution in [-0.4, -0.2) is 54.4 Å². The number of anilines is 2. The fourth-order valence-electron chi connectivity index (χ4n) is 4.11. The van der Waals surface area contributed by atoms with Crippen LogP contribution in [0, 0.1) is 3.57 Å². The maximum absolute atomic E-state index is 13.2. The van der Waals surface area contributed by atoms with E-state index in [4.69, 9.17) is 14.2 Å². The Labute approximate surface area is 261 Å². The average molecular weight is 697 g/mol. The Balaban J connectivity index is 1.48. The summed E-state index contributed by atoms with van der Waals surface area (Å²) in [5.74, 6) is -1.61. The van der Waals surface area contributed by atoms with Crippen molar-refractivity contribution in [2.24, 2.45) is 5.10 Å². The van der Waals surface area contributed by atoms with Crippen molar-refractivity contribution in [1.82, 2.24) is 0 Å². The zero-order valence-corrected chi connectivity index (χ0v) is 25.7. The Kier molecular flexibility index (Phi) is 10.1. The molecule has 222 valence electrons. The number of carboxylic acid groups (broad SMARTS) is 1. The number of benzene rings is 3. The highest BCUT2D eigenvalue weighted by molar-refractivity contribution is 14.1. The number of hydrogen-bond donors (Lipinski definition) is 2. The number of nitrogens with one attached hydrogen (secondary N) is 1. The van der Waals surface area contributed by atoms with Crippen LogP contribution in [0.2, 0.25) is 0 Å². The van der Waals surface area contributed by atoms with Gasteiger partial charge in [0.05, 0.1) is 44.9 Å². The zero-order valence-electron chi connectivity index (χ0n) is 23.5. The van der Waals surface area contributed by atoms with Gasteiger partial charge >= 0.3 is 11.9 Å². The number of carbonyl (C=O) groups is 4. The van der Waals surface area contributed by atoms with E-state index in [1.165, 1.54) is 17.1 Å². The number of amides is 2. The van der Waals surface area contributed by atoms with E-state index in [2.05, 4.69) is 33.0 Å². The maximum atomic E-state index is 13.2. The lowest BCUT2D eigenvalue weighted by Gasteiger charge is -2.15. The molecule has 0 saturated heterocycles. The summed E-state index contributed by atoms with van der Waals surface area (Å²) in [7, 11) is 0. The van der Waals surface area contributed by atoms with Crippen molar-refractivity contribution in [2.45, 2.75) is 20.8 Å². The highest BCUT2D eigenvalue weighted by Crippen LogP contribution is 2.36. The first-order chi connectivity index (χ1) is 20.6. The number of carboxylic acids is 1. The van der Waals surface area contributed by atoms with Gasteiger partial charge in [0.15, 0.2) is 18.1 Å². The van der Waals surface area contributed by atoms with Crippen molar-refractivity contribution in [3.05, 3.63) is 86.5 Å². The number of carbonyl (C=O) groups excluding carboxylic acids is 3. The molecule has 4 rings (SSSR count). The molecule has 0 fully saturated rings. The van der Waals surface area contributed by atoms with Gasteiger partial charge in [-0.1, -0.05) is 6.07 Å². The number of hydrazone groups is 1. The van der Waals surface area contributed by atoms with E-state index in [0.29, 0.717) is 55.5 Å². The first-order valence-corrected chi connectivity index (χ1v) is 14.3. The van der Waals surface area contributed by atoms with Crippen molar-refractivity contribution in [2.75, 3.05) is 30.1 Å². The molecule has 0 atom stereocenters. The molecule has 12 heteroatoms. The second-order valence-electron chi connectivity index (χ2n) is 9.11. The third-order valence-corrected chi connectivity index (χ3v) is 6.87. The van der Waals surface area contributed by atoms with Gasteiger partial charge in [0.1, 0.15) is 0 Å². The summed E-state index contributed by atoms with van der Waals surface area (Å²) >= 11 is 2.07. The second kappa shape index (κ2) is 14.0. The number of aromatic carboxylic acids is 1. The second-order valence-corrected chi connectivity index (χ2v) is 10.3. The molecule has 11 nitrogen and oxygen atoms in total. The molecule has 0 spiro atoms. The van der Waals surface area contributed by atoms with E-state index in [-0.39, 0.29) is 18.8 Å². The van der Waals surface area contributed by atoms with E-state index in [9.17, 15) is 24.3 Å². The van der Waals surface area contributed by atoms with Gasteiger partial charge in [-0.15, -0.1) is 0 Å². The Bertz CT molecular complexity index is 1630. The standard InChI is InChI=1S/C31H28IN3O8/c1-4-41-26-15-19(13-24-18(3)34-35(29(24)37)23-8-6-7-21(16-23)30(38)39)14-25(32)28(26)43-17-27(36)33-22-11-9-20(10-12-22)31(40)42-5-2/h6-16H,4-5,17H2,1-3H3,(H,33,36)(H,38,39)/b24-13-. The molecule has 0 aliphatic carbocycles. The van der Waals surface area contributed by atoms with E-state index < -0.39 is 23.8 Å². The van der Waals surface area contributed by atoms with Crippen molar-refractivity contribution in [3.8, 4) is 11.5 Å². The minimum Gasteiger partial charge on any atom is -0.490 e. The largest absolute Gasteiger partial charge is 0.490 e. The van der Waals surface area contributed by atoms with Crippen LogP contribution in [0.1, 0.15) is 47.1 Å². The van der Waals surface area contributed by atoms with Crippen LogP contribution in [0.4, 0.5) is 11.4 Å². The van der Waals surface area contributed by atoms with E-state index in [1.807, 2.05) is 6.92 Å². The molecular formula is C31H28IN3O8. The SMILES string of the molecule is CCOC(=O)c1ccc(NC(=O)COc2c(I)cc(/C=C3\C(=O)N(c4cccc(C(=O)O)c4)N=C3C)cc2OCC)cc1. The monoisotopic (exact) mass is 697 g/mol. The van der Waals surface area contributed by atoms with Crippen LogP contribution in [0.25, 0.3) is 6.08 Å². The minimum absolute atomic E-state index is 0.0441. The lowest BCUT2D eigenvalue weighted by atomic mass is 10.1. The predicted molar refractivity (Wildman–Crippen MR) is 169 cm³/mol. The number of ether oxygens (including phenoxy) is 3. The highest BCUT2D eigenvalue weighted by Gasteiger charge is 2.29. The quantitative estimate of drug-likeness (QED) is 0.154. The molecule has 3 aromatic carbocycles. The Morgan fingerprint density at radius 1 is 1.00 bits per heavy atom. The van der Waals surface area contributed by atoms with Crippen molar-refractivity contribution >= 4 is 69.5 Å². The van der Waals surface area contributed by atoms with Gasteiger partial charge in [-0.25, -0.2) is 9.59 Å². The number of rotatable bonds is 11. The summed E-state index contributed by atoms with van der Waals surface area (Å²) < 4.78 is 17.2. The molecule has 2 N–H and O–H groups in total. The number of hydrogen-bond acceptors (Lipinski definition) is 8. The van der Waals surface area contributed by atoms with Gasteiger partial charge in [0.25, 0.3) is 11.8 Å². The fourth-order valence-corrected chi connectivity index (χ4v) is 4.89. The van der Waals surface area contributed by atoms with Crippen LogP contribution >= 0.6 is 22.6 Å². The normalized spacial score (nSPS) is 13.5. The number of nitrogens with zero attached hydrogens (tertiary/aromatic N) is 2. The molecule has 0 aromatic heterocycles. The molecule has 1 aliphatic heterocycles. The predicted octanol–water partition coefficient (Wildman–Crippen LogP) is 5.39. The summed E-state index contributed by atoms with van der Waals surface area (Å²) in [4.78, 5) is 49.0. The number of esters is 1. The van der Waals surface area contributed by atoms with Gasteiger partial charge in [-0.2, -0.15) is 10.1 Å². The molecule has 1 heterocycles. The van der Waals surface area contributed by atoms with E-state index in [1.54, 1.807) is 68.5 Å². The van der Waals surface area contributed by atoms with Gasteiger partial charge in [0, 0.05) is 5.69 Å². The Hall–Kier alpha value is -4.72. The minimum atomic E-state index is -1.10. The molecule has 43 heavy (non-hydrogen) atoms. The first-order valence-electron chi connectivity index (χ1n) is 13.2. The molecule has 0 bridgehead atoms. The fraction of sp³-hybridized carbons (Fsp3) is 0.194. The molecule has 0 saturated carbocycles. The molecule has 3 aromatic rings. The van der Waals surface area contributed by atoms with Crippen molar-refractivity contribution < 1.29 is 38.5 Å². The summed E-state index contributed by atoms with van der Waals surface area (Å²) in [5.41, 5.74) is 2.70. The lowest BCUT2D eigenvalue weighted by molar-refractivity contribution is -0.118. The number of halogens is 1. The molecule has 0 unspecified atom stereocenters.